The fourth-order valence-electron chi connectivity index (χ4n) is 2.52. The first-order valence-corrected chi connectivity index (χ1v) is 10.9. The van der Waals surface area contributed by atoms with Gasteiger partial charge in [0.15, 0.2) is 0 Å². The molecule has 0 aliphatic heterocycles. The summed E-state index contributed by atoms with van der Waals surface area (Å²) in [7, 11) is -4.60. The number of hydrogen-bond donors (Lipinski definition) is 0. The first-order chi connectivity index (χ1) is 6.61. The molecular weight excluding hydrogens is 228 g/mol. The normalized spacial score (nSPS) is 31.7. The monoisotopic (exact) mass is 250 g/mol. The molecule has 2 atom stereocenters. The van der Waals surface area contributed by atoms with Crippen molar-refractivity contribution in [2.45, 2.75) is 57.0 Å². The maximum absolute atomic E-state index is 11.2. The molecule has 1 aliphatic rings. The Morgan fingerprint density at radius 1 is 1.40 bits per heavy atom. The zero-order valence-electron chi connectivity index (χ0n) is 10.3. The predicted molar refractivity (Wildman–Crippen MR) is 65.3 cm³/mol. The lowest BCUT2D eigenvalue weighted by molar-refractivity contribution is 0.176. The lowest BCUT2D eigenvalue weighted by Crippen LogP contribution is -2.30. The van der Waals surface area contributed by atoms with Crippen molar-refractivity contribution in [1.29, 1.82) is 0 Å². The minimum atomic E-state index is -3.31. The van der Waals surface area contributed by atoms with E-state index in [4.69, 9.17) is 4.18 Å². The standard InChI is InChI=1S/C10H22O3SSi/c1-6-7-10(13-14(2,11)12)8-9(10)15(3,4)5/h9H,6-8H2,1-5H3/t9-,10-/m1/s1. The highest BCUT2D eigenvalue weighted by Gasteiger charge is 2.61. The van der Waals surface area contributed by atoms with Gasteiger partial charge < -0.3 is 0 Å². The molecule has 90 valence electrons. The topological polar surface area (TPSA) is 43.4 Å². The molecule has 0 radical (unpaired) electrons. The average Bonchev–Trinajstić information content (AvgIpc) is 2.58. The Kier molecular flexibility index (Phi) is 3.39. The van der Waals surface area contributed by atoms with Gasteiger partial charge in [0.05, 0.1) is 19.9 Å². The Balaban J connectivity index is 2.78. The van der Waals surface area contributed by atoms with E-state index in [0.717, 1.165) is 25.5 Å². The maximum Gasteiger partial charge on any atom is 0.264 e. The molecular formula is C10H22O3SSi. The summed E-state index contributed by atoms with van der Waals surface area (Å²) in [6.07, 6.45) is 3.94. The van der Waals surface area contributed by atoms with Gasteiger partial charge in [-0.2, -0.15) is 8.42 Å². The molecule has 0 aromatic carbocycles. The minimum Gasteiger partial charge on any atom is -0.264 e. The van der Waals surface area contributed by atoms with Crippen LogP contribution in [-0.2, 0) is 14.3 Å². The van der Waals surface area contributed by atoms with Gasteiger partial charge in [0, 0.05) is 0 Å². The molecule has 1 aliphatic carbocycles. The van der Waals surface area contributed by atoms with Crippen molar-refractivity contribution in [3.05, 3.63) is 0 Å². The molecule has 1 fully saturated rings. The van der Waals surface area contributed by atoms with Crippen molar-refractivity contribution < 1.29 is 12.6 Å². The van der Waals surface area contributed by atoms with Crippen LogP contribution in [0.2, 0.25) is 25.2 Å². The molecule has 15 heavy (non-hydrogen) atoms. The molecule has 0 aromatic heterocycles. The molecule has 0 bridgehead atoms. The smallest absolute Gasteiger partial charge is 0.264 e. The minimum absolute atomic E-state index is 0.340. The SMILES string of the molecule is CCC[C@@]1(OS(C)(=O)=O)C[C@H]1[Si](C)(C)C. The van der Waals surface area contributed by atoms with Crippen LogP contribution >= 0.6 is 0 Å². The van der Waals surface area contributed by atoms with Gasteiger partial charge in [-0.05, 0) is 18.4 Å². The van der Waals surface area contributed by atoms with Crippen LogP contribution in [0.25, 0.3) is 0 Å². The van der Waals surface area contributed by atoms with Crippen LogP contribution < -0.4 is 0 Å². The van der Waals surface area contributed by atoms with Crippen molar-refractivity contribution in [3.63, 3.8) is 0 Å². The third-order valence-electron chi connectivity index (χ3n) is 3.06. The second-order valence-corrected chi connectivity index (χ2v) is 12.7. The Bertz CT molecular complexity index is 331. The van der Waals surface area contributed by atoms with Crippen LogP contribution in [0.3, 0.4) is 0 Å². The summed E-state index contributed by atoms with van der Waals surface area (Å²) in [6.45, 7) is 8.91. The Morgan fingerprint density at radius 2 is 1.93 bits per heavy atom. The maximum atomic E-state index is 11.2. The van der Waals surface area contributed by atoms with Crippen molar-refractivity contribution in [2.75, 3.05) is 6.26 Å². The number of rotatable bonds is 5. The fraction of sp³-hybridized carbons (Fsp3) is 1.00. The van der Waals surface area contributed by atoms with Gasteiger partial charge >= 0.3 is 0 Å². The number of hydrogen-bond acceptors (Lipinski definition) is 3. The zero-order valence-corrected chi connectivity index (χ0v) is 12.1. The molecule has 0 amide bonds. The lowest BCUT2D eigenvalue weighted by Gasteiger charge is -2.22. The van der Waals surface area contributed by atoms with E-state index in [0.29, 0.717) is 5.54 Å². The van der Waals surface area contributed by atoms with Gasteiger partial charge in [-0.25, -0.2) is 0 Å². The first-order valence-electron chi connectivity index (χ1n) is 5.51. The highest BCUT2D eigenvalue weighted by Crippen LogP contribution is 2.60. The van der Waals surface area contributed by atoms with Crippen LogP contribution in [0.5, 0.6) is 0 Å². The van der Waals surface area contributed by atoms with Gasteiger partial charge in [-0.3, -0.25) is 4.18 Å². The van der Waals surface area contributed by atoms with E-state index in [2.05, 4.69) is 26.6 Å². The summed E-state index contributed by atoms with van der Waals surface area (Å²) in [4.78, 5) is 0. The van der Waals surface area contributed by atoms with Crippen LogP contribution in [0.1, 0.15) is 26.2 Å². The van der Waals surface area contributed by atoms with Crippen molar-refractivity contribution >= 4 is 18.2 Å². The van der Waals surface area contributed by atoms with E-state index >= 15 is 0 Å². The predicted octanol–water partition coefficient (Wildman–Crippen LogP) is 2.61. The van der Waals surface area contributed by atoms with Crippen LogP contribution in [-0.4, -0.2) is 28.3 Å². The molecule has 0 N–H and O–H groups in total. The van der Waals surface area contributed by atoms with Crippen molar-refractivity contribution in [1.82, 2.24) is 0 Å². The molecule has 0 aromatic rings. The van der Waals surface area contributed by atoms with E-state index in [1.54, 1.807) is 0 Å². The molecule has 5 heteroatoms. The highest BCUT2D eigenvalue weighted by atomic mass is 32.2. The van der Waals surface area contributed by atoms with E-state index in [-0.39, 0.29) is 5.60 Å². The molecule has 0 unspecified atom stereocenters. The molecule has 0 spiro atoms. The van der Waals surface area contributed by atoms with Gasteiger partial charge in [0.25, 0.3) is 10.1 Å². The van der Waals surface area contributed by atoms with Crippen molar-refractivity contribution in [2.24, 2.45) is 0 Å². The highest BCUT2D eigenvalue weighted by molar-refractivity contribution is 7.86. The quantitative estimate of drug-likeness (QED) is 0.556. The lowest BCUT2D eigenvalue weighted by atomic mass is 10.2. The van der Waals surface area contributed by atoms with Crippen molar-refractivity contribution in [3.8, 4) is 0 Å². The van der Waals surface area contributed by atoms with Gasteiger partial charge in [0.2, 0.25) is 0 Å². The summed E-state index contributed by atoms with van der Waals surface area (Å²) in [6, 6.07) is 0. The van der Waals surface area contributed by atoms with Gasteiger partial charge in [-0.15, -0.1) is 0 Å². The van der Waals surface area contributed by atoms with Gasteiger partial charge in [0.1, 0.15) is 0 Å². The van der Waals surface area contributed by atoms with Crippen LogP contribution in [0, 0.1) is 0 Å². The first kappa shape index (κ1) is 13.2. The summed E-state index contributed by atoms with van der Waals surface area (Å²) >= 11 is 0. The summed E-state index contributed by atoms with van der Waals surface area (Å²) in [5.74, 6) is 0. The third kappa shape index (κ3) is 3.29. The third-order valence-corrected chi connectivity index (χ3v) is 6.52. The fourth-order valence-corrected chi connectivity index (χ4v) is 6.21. The zero-order chi connectivity index (χ0) is 11.9. The Hall–Kier alpha value is 0.127. The van der Waals surface area contributed by atoms with E-state index in [1.165, 1.54) is 0 Å². The van der Waals surface area contributed by atoms with Crippen LogP contribution in [0.15, 0.2) is 0 Å². The summed E-state index contributed by atoms with van der Waals surface area (Å²) in [5.41, 5.74) is 0.159. The van der Waals surface area contributed by atoms with E-state index in [9.17, 15) is 8.42 Å². The Morgan fingerprint density at radius 3 is 2.20 bits per heavy atom. The second kappa shape index (κ2) is 3.86. The van der Waals surface area contributed by atoms with E-state index in [1.807, 2.05) is 0 Å². The molecule has 0 heterocycles. The second-order valence-electron chi connectivity index (χ2n) is 5.72. The summed E-state index contributed by atoms with van der Waals surface area (Å²) in [5, 5.41) is 0. The van der Waals surface area contributed by atoms with Crippen LogP contribution in [0.4, 0.5) is 0 Å². The van der Waals surface area contributed by atoms with E-state index < -0.39 is 18.2 Å². The van der Waals surface area contributed by atoms with Gasteiger partial charge in [-0.1, -0.05) is 33.0 Å². The summed E-state index contributed by atoms with van der Waals surface area (Å²) < 4.78 is 27.8. The average molecular weight is 250 g/mol. The Labute approximate surface area is 94.3 Å². The molecule has 1 rings (SSSR count). The molecule has 3 nitrogen and oxygen atoms in total. The molecule has 1 saturated carbocycles. The largest absolute Gasteiger partial charge is 0.264 e. The molecule has 0 saturated heterocycles.